The molecule has 3 aliphatic rings. The molecule has 2 fully saturated rings. The number of aliphatic hydroxyl groups excluding tert-OH is 1. The van der Waals surface area contributed by atoms with Crippen molar-refractivity contribution >= 4 is 6.29 Å². The first kappa shape index (κ1) is 81.4. The number of methoxy groups -OCH3 is 6. The number of aliphatic hydroxyl groups is 1. The number of rotatable bonds is 47. The van der Waals surface area contributed by atoms with Gasteiger partial charge in [0.25, 0.3) is 0 Å². The van der Waals surface area contributed by atoms with Crippen molar-refractivity contribution < 1.29 is 85.7 Å². The third kappa shape index (κ3) is 21.0. The summed E-state index contributed by atoms with van der Waals surface area (Å²) in [5, 5.41) is 37.4. The summed E-state index contributed by atoms with van der Waals surface area (Å²) in [7, 11) is 9.10. The molecule has 36 heteroatoms. The highest BCUT2D eigenvalue weighted by atomic mass is 16.7. The van der Waals surface area contributed by atoms with Gasteiger partial charge in [-0.1, -0.05) is 110 Å². The molecule has 1 saturated heterocycles. The van der Waals surface area contributed by atoms with Gasteiger partial charge in [-0.2, -0.15) is 0 Å². The van der Waals surface area contributed by atoms with E-state index in [0.29, 0.717) is 74.2 Å². The first-order valence-electron chi connectivity index (χ1n) is 34.2. The van der Waals surface area contributed by atoms with E-state index in [4.69, 9.17) is 75.8 Å². The summed E-state index contributed by atoms with van der Waals surface area (Å²) in [6.45, 7) is -0.527. The van der Waals surface area contributed by atoms with Crippen molar-refractivity contribution in [3.05, 3.63) is 264 Å². The summed E-state index contributed by atoms with van der Waals surface area (Å²) in [5.74, 6) is 1.26. The summed E-state index contributed by atoms with van der Waals surface area (Å²) in [4.78, 5) is 32.6. The van der Waals surface area contributed by atoms with Crippen LogP contribution in [0, 0.1) is 11.8 Å². The lowest BCUT2D eigenvalue weighted by atomic mass is 9.61. The number of azide groups is 6. The van der Waals surface area contributed by atoms with Crippen molar-refractivity contribution in [1.82, 2.24) is 0 Å². The molecule has 36 nitrogen and oxygen atoms in total. The van der Waals surface area contributed by atoms with Crippen molar-refractivity contribution in [2.75, 3.05) is 68.9 Å². The van der Waals surface area contributed by atoms with Crippen LogP contribution in [0.15, 0.2) is 199 Å². The van der Waals surface area contributed by atoms with Crippen molar-refractivity contribution in [2.24, 2.45) is 42.5 Å². The maximum absolute atomic E-state index is 14.0. The summed E-state index contributed by atoms with van der Waals surface area (Å²) >= 11 is 0. The van der Waals surface area contributed by atoms with Crippen LogP contribution in [-0.2, 0) is 91.8 Å². The SMILES string of the molecule is COc1ccc(COC[C@@H](O[C@@H]2O[C@H](C=O)C(OC3=C(N=[N+]=[N-])C([C@H](OCc4ccc(OC)cc4)[C@@H](C)CN=[N+]=[N-])=C3OCc3ccc(OC)cc3)[C@@H]2OCc2ccc(OC)cc2)[C@H](O[C@@H](O)[C@]2(N=[N+]=[N-])C(CN=[N+]=[N-])[C@@H](OCc3ccc(OC)cc3)C2OCc2ccc(OC)cc2)C(CCN=[N+]=[N-])N=[N+]=[N-])cc1. The van der Waals surface area contributed by atoms with E-state index in [1.165, 1.54) is 42.7 Å². The van der Waals surface area contributed by atoms with E-state index in [2.05, 4.69) is 60.2 Å². The van der Waals surface area contributed by atoms with Gasteiger partial charge < -0.3 is 85.7 Å². The third-order valence-electron chi connectivity index (χ3n) is 18.4. The van der Waals surface area contributed by atoms with Crippen LogP contribution in [0.1, 0.15) is 46.7 Å². The maximum Gasteiger partial charge on any atom is 0.189 e. The van der Waals surface area contributed by atoms with Gasteiger partial charge in [0.15, 0.2) is 42.6 Å². The molecule has 0 amide bonds. The number of aldehydes is 1. The van der Waals surface area contributed by atoms with Gasteiger partial charge in [-0.3, -0.25) is 0 Å². The average molecular weight is 1500 g/mol. The summed E-state index contributed by atoms with van der Waals surface area (Å²) in [6.07, 6.45) is -15.8. The van der Waals surface area contributed by atoms with E-state index in [-0.39, 0.29) is 81.9 Å². The number of nitrogens with zero attached hydrogens (tertiary/aromatic N) is 18. The first-order chi connectivity index (χ1) is 53.3. The number of carbonyl (C=O) groups is 1. The number of hydrogen-bond acceptors (Lipinski definition) is 24. The molecule has 1 aliphatic heterocycles. The zero-order valence-electron chi connectivity index (χ0n) is 60.7. The topological polar surface area (TPSA) is 478 Å². The molecule has 6 aromatic rings. The summed E-state index contributed by atoms with van der Waals surface area (Å²) in [6, 6.07) is 40.2. The quantitative estimate of drug-likeness (QED) is 0.0122. The van der Waals surface area contributed by atoms with Gasteiger partial charge in [0.2, 0.25) is 0 Å². The molecule has 1 heterocycles. The van der Waals surface area contributed by atoms with Gasteiger partial charge in [0, 0.05) is 60.6 Å². The zero-order chi connectivity index (χ0) is 77.5. The molecule has 14 atom stereocenters. The van der Waals surface area contributed by atoms with Gasteiger partial charge in [0.05, 0.1) is 112 Å². The van der Waals surface area contributed by atoms with Gasteiger partial charge in [0.1, 0.15) is 65.0 Å². The Morgan fingerprint density at radius 2 is 1.02 bits per heavy atom. The highest BCUT2D eigenvalue weighted by Gasteiger charge is 2.68. The lowest BCUT2D eigenvalue weighted by Gasteiger charge is -2.59. The van der Waals surface area contributed by atoms with Crippen LogP contribution in [0.3, 0.4) is 0 Å². The van der Waals surface area contributed by atoms with Crippen LogP contribution in [0.2, 0.25) is 0 Å². The number of ether oxygens (including phenoxy) is 16. The van der Waals surface area contributed by atoms with E-state index in [1.54, 1.807) is 153 Å². The Kier molecular flexibility index (Phi) is 31.0. The minimum Gasteiger partial charge on any atom is -0.497 e. The minimum absolute atomic E-state index is 0.00141. The fourth-order valence-corrected chi connectivity index (χ4v) is 12.6. The van der Waals surface area contributed by atoms with Gasteiger partial charge in [-0.25, -0.2) is 0 Å². The lowest BCUT2D eigenvalue weighted by Crippen LogP contribution is -2.76. The fraction of sp³-hybridized carbons (Fsp3) is 0.438. The van der Waals surface area contributed by atoms with E-state index in [9.17, 15) is 43.1 Å². The van der Waals surface area contributed by atoms with E-state index in [0.717, 1.165) is 0 Å². The molecule has 2 aliphatic carbocycles. The van der Waals surface area contributed by atoms with E-state index in [1.807, 2.05) is 0 Å². The maximum atomic E-state index is 14.0. The molecule has 1 N–H and O–H groups in total. The Balaban J connectivity index is 1.17. The Hall–Kier alpha value is -11.6. The van der Waals surface area contributed by atoms with Crippen LogP contribution < -0.4 is 28.4 Å². The Morgan fingerprint density at radius 3 is 1.49 bits per heavy atom. The molecule has 6 aromatic carbocycles. The fourth-order valence-electron chi connectivity index (χ4n) is 12.6. The smallest absolute Gasteiger partial charge is 0.189 e. The highest BCUT2D eigenvalue weighted by molar-refractivity contribution is 5.60. The van der Waals surface area contributed by atoms with Crippen LogP contribution in [-0.4, -0.2) is 153 Å². The zero-order valence-corrected chi connectivity index (χ0v) is 60.7. The van der Waals surface area contributed by atoms with Crippen LogP contribution >= 0.6 is 0 Å². The first-order valence-corrected chi connectivity index (χ1v) is 34.2. The monoisotopic (exact) mass is 1500 g/mol. The molecule has 1 saturated carbocycles. The minimum atomic E-state index is -2.36. The standard InChI is InChI=1S/C73H82N18O18/c1-44(34-81-87-75)63(101-38-46-10-22-52(95-3)23-11-46)61-62(84-90-78)68(67(61)103-40-48-14-26-54(97-5)27-15-48)108-66-59(36-92)106-71(69(66)104-41-49-16-28-55(98-6)29-17-49)107-60(43-100-37-45-8-20-51(94-2)21-9-45)65(58(83-89-77)32-33-80-86-74)109-72(93)73(85-91-79)57(35-82-88-76)64(102-39-47-12-24-53(96-4)25-13-47)70(73)105-42-50-18-30-56(99-7)31-19-50/h8-31,36,44,57-60,63-66,69-72,93H,32-35,37-43H2,1-7H3/t44-,57?,58?,59+,60+,63+,64+,65+,66?,69-,70?,71-,72+,73-/m0/s1. The predicted octanol–water partition coefficient (Wildman–Crippen LogP) is 14.3. The molecule has 0 aromatic heterocycles. The second-order valence-electron chi connectivity index (χ2n) is 24.8. The van der Waals surface area contributed by atoms with Crippen molar-refractivity contribution in [1.29, 1.82) is 0 Å². The van der Waals surface area contributed by atoms with Crippen molar-refractivity contribution in [3.63, 3.8) is 0 Å². The van der Waals surface area contributed by atoms with Gasteiger partial charge >= 0.3 is 0 Å². The normalized spacial score (nSPS) is 20.6. The number of hydrogen-bond donors (Lipinski definition) is 1. The molecular formula is C73H82N18O18. The Labute approximate surface area is 625 Å². The average Bonchev–Trinajstić information content (AvgIpc) is 1.17. The molecule has 109 heavy (non-hydrogen) atoms. The Morgan fingerprint density at radius 1 is 0.541 bits per heavy atom. The molecule has 572 valence electrons. The predicted molar refractivity (Wildman–Crippen MR) is 389 cm³/mol. The molecule has 0 radical (unpaired) electrons. The molecule has 0 bridgehead atoms. The van der Waals surface area contributed by atoms with Crippen LogP contribution in [0.25, 0.3) is 62.7 Å². The molecule has 0 spiro atoms. The van der Waals surface area contributed by atoms with Crippen molar-refractivity contribution in [3.8, 4) is 34.5 Å². The van der Waals surface area contributed by atoms with Gasteiger partial charge in [-0.05, 0) is 152 Å². The highest BCUT2D eigenvalue weighted by Crippen LogP contribution is 2.52. The second kappa shape index (κ2) is 41.5. The van der Waals surface area contributed by atoms with Crippen LogP contribution in [0.4, 0.5) is 0 Å². The molecule has 9 rings (SSSR count). The Bertz CT molecular complexity index is 4320. The number of carbonyl (C=O) groups excluding carboxylic acids is 1. The third-order valence-corrected chi connectivity index (χ3v) is 18.4. The largest absolute Gasteiger partial charge is 0.497 e. The summed E-state index contributed by atoms with van der Waals surface area (Å²) < 4.78 is 100. The van der Waals surface area contributed by atoms with Crippen molar-refractivity contribution in [2.45, 2.75) is 126 Å². The number of benzene rings is 6. The molecular weight excluding hydrogens is 1420 g/mol. The van der Waals surface area contributed by atoms with Gasteiger partial charge in [-0.15, -0.1) is 0 Å². The van der Waals surface area contributed by atoms with E-state index < -0.39 is 98.0 Å². The summed E-state index contributed by atoms with van der Waals surface area (Å²) in [5.41, 5.74) is 62.5. The molecule has 4 unspecified atom stereocenters. The second-order valence-corrected chi connectivity index (χ2v) is 24.8. The van der Waals surface area contributed by atoms with Crippen LogP contribution in [0.5, 0.6) is 34.5 Å². The van der Waals surface area contributed by atoms with E-state index >= 15 is 0 Å². The lowest BCUT2D eigenvalue weighted by molar-refractivity contribution is -0.312.